The van der Waals surface area contributed by atoms with Gasteiger partial charge in [0.15, 0.2) is 0 Å². The molecule has 0 saturated carbocycles. The van der Waals surface area contributed by atoms with Crippen molar-refractivity contribution in [2.45, 2.75) is 47.4 Å². The average molecular weight is 822 g/mol. The van der Waals surface area contributed by atoms with E-state index in [1.807, 2.05) is 79.9 Å². The van der Waals surface area contributed by atoms with Gasteiger partial charge in [-0.2, -0.15) is 0 Å². The Balaban J connectivity index is 0.000000270. The molecule has 4 heterocycles. The van der Waals surface area contributed by atoms with Crippen molar-refractivity contribution in [1.82, 2.24) is 9.97 Å². The molecule has 4 aromatic carbocycles. The van der Waals surface area contributed by atoms with Crippen molar-refractivity contribution in [3.63, 3.8) is 0 Å². The van der Waals surface area contributed by atoms with Gasteiger partial charge < -0.3 is 14.4 Å². The maximum Gasteiger partial charge on any atom is 0.129 e. The van der Waals surface area contributed by atoms with Crippen LogP contribution in [-0.2, 0) is 20.1 Å². The third-order valence-electron chi connectivity index (χ3n) is 8.83. The summed E-state index contributed by atoms with van der Waals surface area (Å²) < 4.78 is 16.7. The minimum absolute atomic E-state index is 0. The van der Waals surface area contributed by atoms with Gasteiger partial charge in [0, 0.05) is 54.2 Å². The van der Waals surface area contributed by atoms with Gasteiger partial charge in [0.05, 0.1) is 5.58 Å². The minimum Gasteiger partial charge on any atom is -0.500 e. The van der Waals surface area contributed by atoms with Crippen LogP contribution in [0.5, 0.6) is 0 Å². The van der Waals surface area contributed by atoms with E-state index in [2.05, 4.69) is 87.3 Å². The van der Waals surface area contributed by atoms with Crippen LogP contribution >= 0.6 is 11.3 Å². The van der Waals surface area contributed by atoms with Gasteiger partial charge in [-0.05, 0) is 90.5 Å². The Morgan fingerprint density at radius 3 is 2.25 bits per heavy atom. The van der Waals surface area contributed by atoms with Crippen LogP contribution in [0.1, 0.15) is 48.2 Å². The summed E-state index contributed by atoms with van der Waals surface area (Å²) in [6, 6.07) is 37.1. The third-order valence-corrected chi connectivity index (χ3v) is 10.0. The predicted octanol–water partition coefficient (Wildman–Crippen LogP) is 12.2. The fraction of sp³-hybridized carbons (Fsp3) is 0.163. The molecule has 48 heavy (non-hydrogen) atoms. The summed E-state index contributed by atoms with van der Waals surface area (Å²) in [5, 5.41) is 3.39. The van der Waals surface area contributed by atoms with E-state index in [0.29, 0.717) is 0 Å². The summed E-state index contributed by atoms with van der Waals surface area (Å²) in [4.78, 5) is 10.4. The first-order valence-corrected chi connectivity index (χ1v) is 16.6. The smallest absolute Gasteiger partial charge is 0.129 e. The van der Waals surface area contributed by atoms with Crippen molar-refractivity contribution >= 4 is 43.4 Å². The number of fused-ring (bicyclic) bond motifs is 5. The molecular weight excluding hydrogens is 785 g/mol. The van der Waals surface area contributed by atoms with E-state index in [-0.39, 0.29) is 20.1 Å². The van der Waals surface area contributed by atoms with Crippen LogP contribution < -0.4 is 0 Å². The second kappa shape index (κ2) is 14.0. The number of benzene rings is 4. The number of aryl methyl sites for hydroxylation is 4. The number of thiophene rings is 1. The zero-order chi connectivity index (χ0) is 33.6. The Bertz CT molecular complexity index is 2370. The molecular formula is C43H36IrN2OS-2. The second-order valence-electron chi connectivity index (χ2n) is 12.2. The van der Waals surface area contributed by atoms with E-state index in [0.717, 1.165) is 55.6 Å². The number of hydrogen-bond acceptors (Lipinski definition) is 4. The first-order chi connectivity index (χ1) is 23.1. The molecule has 8 aromatic rings. The zero-order valence-electron chi connectivity index (χ0n) is 28.9. The normalized spacial score (nSPS) is 11.7. The third kappa shape index (κ3) is 6.15. The van der Waals surface area contributed by atoms with Gasteiger partial charge in [0.25, 0.3) is 0 Å². The molecule has 5 heteroatoms. The molecule has 3 nitrogen and oxygen atoms in total. The summed E-state index contributed by atoms with van der Waals surface area (Å²) in [6.45, 7) is 12.4. The van der Waals surface area contributed by atoms with Crippen molar-refractivity contribution in [1.29, 1.82) is 0 Å². The van der Waals surface area contributed by atoms with Crippen LogP contribution in [0, 0.1) is 39.8 Å². The molecule has 0 aliphatic heterocycles. The molecule has 8 rings (SSSR count). The second-order valence-corrected chi connectivity index (χ2v) is 13.4. The first kappa shape index (κ1) is 32.2. The largest absolute Gasteiger partial charge is 0.500 e. The maximum absolute atomic E-state index is 8.82. The molecule has 241 valence electrons. The SMILES string of the molecule is [2H]C(C)(C)c1cnc(-c2[c-]ccc3c2oc2c3ccc3sc(C)c(C)c32)cc1-c1c(C)cccc1C.[Ir].[c-]1ccccc1-c1ccccn1. The van der Waals surface area contributed by atoms with Gasteiger partial charge in [0.2, 0.25) is 0 Å². The van der Waals surface area contributed by atoms with Gasteiger partial charge in [-0.3, -0.25) is 0 Å². The van der Waals surface area contributed by atoms with E-state index in [1.165, 1.54) is 37.2 Å². The van der Waals surface area contributed by atoms with E-state index >= 15 is 0 Å². The molecule has 4 aromatic heterocycles. The summed E-state index contributed by atoms with van der Waals surface area (Å²) >= 11 is 1.81. The number of pyridine rings is 2. The van der Waals surface area contributed by atoms with E-state index in [4.69, 9.17) is 10.8 Å². The Kier molecular flexibility index (Phi) is 9.36. The Morgan fingerprint density at radius 1 is 0.771 bits per heavy atom. The van der Waals surface area contributed by atoms with Crippen LogP contribution in [0.3, 0.4) is 0 Å². The Hall–Kier alpha value is -4.41. The molecule has 0 saturated heterocycles. The van der Waals surface area contributed by atoms with Crippen molar-refractivity contribution < 1.29 is 25.9 Å². The van der Waals surface area contributed by atoms with Crippen molar-refractivity contribution in [3.8, 4) is 33.6 Å². The zero-order valence-corrected chi connectivity index (χ0v) is 31.1. The predicted molar refractivity (Wildman–Crippen MR) is 198 cm³/mol. The van der Waals surface area contributed by atoms with E-state index in [9.17, 15) is 0 Å². The van der Waals surface area contributed by atoms with Crippen molar-refractivity contribution in [2.75, 3.05) is 0 Å². The first-order valence-electron chi connectivity index (χ1n) is 16.3. The quantitative estimate of drug-likeness (QED) is 0.166. The number of nitrogens with zero attached hydrogens (tertiary/aromatic N) is 2. The summed E-state index contributed by atoms with van der Waals surface area (Å²) in [6.07, 6.45) is 3.65. The minimum atomic E-state index is -0.787. The monoisotopic (exact) mass is 822 g/mol. The molecule has 1 radical (unpaired) electrons. The van der Waals surface area contributed by atoms with Crippen molar-refractivity contribution in [3.05, 3.63) is 143 Å². The number of hydrogen-bond donors (Lipinski definition) is 0. The molecule has 0 bridgehead atoms. The summed E-state index contributed by atoms with van der Waals surface area (Å²) in [7, 11) is 0. The average Bonchev–Trinajstić information content (AvgIpc) is 3.61. The molecule has 0 spiro atoms. The standard InChI is InChI=1S/C32H28NOS.C11H8N.Ir/c1-17(2)26-16-33-27(15-25(26)29-18(3)9-7-10-19(29)4)24-12-8-11-22-23-13-14-28-30(20(5)21(6)35-28)32(23)34-31(22)24;1-2-6-10(7-3-1)11-8-4-5-9-12-11;/h7-11,13-17H,1-6H3;1-6,8-9H;/q2*-1;/i17D;;. The Labute approximate surface area is 301 Å². The van der Waals surface area contributed by atoms with Gasteiger partial charge in [0.1, 0.15) is 5.58 Å². The van der Waals surface area contributed by atoms with Gasteiger partial charge in [-0.1, -0.05) is 67.3 Å². The van der Waals surface area contributed by atoms with Gasteiger partial charge >= 0.3 is 0 Å². The number of rotatable bonds is 4. The Morgan fingerprint density at radius 2 is 1.54 bits per heavy atom. The fourth-order valence-electron chi connectivity index (χ4n) is 6.35. The van der Waals surface area contributed by atoms with Crippen LogP contribution in [0.15, 0.2) is 108 Å². The fourth-order valence-corrected chi connectivity index (χ4v) is 7.42. The number of aromatic nitrogens is 2. The molecule has 0 aliphatic carbocycles. The molecule has 0 amide bonds. The summed E-state index contributed by atoms with van der Waals surface area (Å²) in [5.74, 6) is -0.787. The van der Waals surface area contributed by atoms with Gasteiger partial charge in [-0.15, -0.1) is 65.4 Å². The van der Waals surface area contributed by atoms with Crippen molar-refractivity contribution in [2.24, 2.45) is 0 Å². The van der Waals surface area contributed by atoms with Crippen LogP contribution in [-0.4, -0.2) is 9.97 Å². The number of furan rings is 1. The molecule has 0 fully saturated rings. The molecule has 0 unspecified atom stereocenters. The molecule has 0 aliphatic rings. The van der Waals surface area contributed by atoms with Crippen LogP contribution in [0.25, 0.3) is 65.7 Å². The van der Waals surface area contributed by atoms with Gasteiger partial charge in [-0.25, -0.2) is 0 Å². The van der Waals surface area contributed by atoms with E-state index < -0.39 is 5.89 Å². The van der Waals surface area contributed by atoms with Crippen LogP contribution in [0.4, 0.5) is 0 Å². The van der Waals surface area contributed by atoms with Crippen LogP contribution in [0.2, 0.25) is 0 Å². The topological polar surface area (TPSA) is 38.9 Å². The molecule has 0 atom stereocenters. The molecule has 0 N–H and O–H groups in total. The summed E-state index contributed by atoms with van der Waals surface area (Å²) in [5.41, 5.74) is 12.2. The maximum atomic E-state index is 8.82. The van der Waals surface area contributed by atoms with E-state index in [1.54, 1.807) is 6.20 Å².